The minimum Gasteiger partial charge on any atom is -0.383 e. The molecule has 1 aliphatic heterocycles. The zero-order valence-electron chi connectivity index (χ0n) is 16.5. The van der Waals surface area contributed by atoms with Gasteiger partial charge in [-0.05, 0) is 54.7 Å². The first-order valence-electron chi connectivity index (χ1n) is 9.94. The Labute approximate surface area is 170 Å². The molecule has 1 saturated carbocycles. The minimum absolute atomic E-state index is 0.142. The predicted molar refractivity (Wildman–Crippen MR) is 115 cm³/mol. The molecule has 4 rings (SSSR count). The molecule has 0 unspecified atom stereocenters. The number of anilines is 2. The molecule has 2 atom stereocenters. The zero-order valence-corrected chi connectivity index (χ0v) is 17.2. The van der Waals surface area contributed by atoms with Gasteiger partial charge < -0.3 is 16.4 Å². The number of benzene rings is 1. The van der Waals surface area contributed by atoms with Crippen LogP contribution in [0.15, 0.2) is 29.1 Å². The molecule has 2 aliphatic rings. The van der Waals surface area contributed by atoms with Crippen LogP contribution < -0.4 is 21.9 Å². The first kappa shape index (κ1) is 19.3. The van der Waals surface area contributed by atoms with Crippen molar-refractivity contribution in [1.29, 1.82) is 0 Å². The number of rotatable bonds is 2. The van der Waals surface area contributed by atoms with E-state index in [2.05, 4.69) is 16.8 Å². The van der Waals surface area contributed by atoms with Crippen molar-refractivity contribution in [2.75, 3.05) is 23.7 Å². The zero-order chi connectivity index (χ0) is 20.1. The van der Waals surface area contributed by atoms with E-state index in [0.717, 1.165) is 37.9 Å². The summed E-state index contributed by atoms with van der Waals surface area (Å²) in [5.74, 6) is 1.58. The van der Waals surface area contributed by atoms with E-state index >= 15 is 0 Å². The number of nitrogens with two attached hydrogens (primary N) is 2. The van der Waals surface area contributed by atoms with E-state index in [0.29, 0.717) is 22.5 Å². The molecule has 2 aromatic rings. The van der Waals surface area contributed by atoms with Crippen molar-refractivity contribution in [3.8, 4) is 11.1 Å². The molecular formula is C21H28ClN5O. The Morgan fingerprint density at radius 2 is 1.86 bits per heavy atom. The highest BCUT2D eigenvalue weighted by Gasteiger charge is 2.46. The Bertz CT molecular complexity index is 931. The Hall–Kier alpha value is -2.05. The summed E-state index contributed by atoms with van der Waals surface area (Å²) in [7, 11) is 1.76. The third-order valence-corrected chi connectivity index (χ3v) is 6.92. The summed E-state index contributed by atoms with van der Waals surface area (Å²) >= 11 is 5.96. The summed E-state index contributed by atoms with van der Waals surface area (Å²) in [6, 6.07) is 7.37. The SMILES string of the molecule is C[C@H]1C[C@@H](N)C2(CCN(c3nc(N)c(-c4ccc(Cl)cc4)c(=O)n3C)CC2)C1. The van der Waals surface area contributed by atoms with Crippen LogP contribution in [0, 0.1) is 11.3 Å². The molecule has 150 valence electrons. The average Bonchev–Trinajstić information content (AvgIpc) is 2.93. The second-order valence-electron chi connectivity index (χ2n) is 8.54. The lowest BCUT2D eigenvalue weighted by atomic mass is 9.74. The summed E-state index contributed by atoms with van der Waals surface area (Å²) in [5.41, 5.74) is 13.9. The fraction of sp³-hybridized carbons (Fsp3) is 0.524. The lowest BCUT2D eigenvalue weighted by Gasteiger charge is -2.42. The predicted octanol–water partition coefficient (Wildman–Crippen LogP) is 3.03. The maximum atomic E-state index is 13.0. The number of nitrogens with zero attached hydrogens (tertiary/aromatic N) is 3. The highest BCUT2D eigenvalue weighted by Crippen LogP contribution is 2.48. The summed E-state index contributed by atoms with van der Waals surface area (Å²) < 4.78 is 1.61. The molecule has 1 aromatic heterocycles. The molecule has 1 spiro atoms. The Kier molecular flexibility index (Phi) is 4.88. The van der Waals surface area contributed by atoms with Gasteiger partial charge >= 0.3 is 0 Å². The van der Waals surface area contributed by atoms with Crippen molar-refractivity contribution in [3.63, 3.8) is 0 Å². The van der Waals surface area contributed by atoms with Gasteiger partial charge in [-0.15, -0.1) is 0 Å². The molecule has 7 heteroatoms. The van der Waals surface area contributed by atoms with Gasteiger partial charge in [0.2, 0.25) is 5.95 Å². The van der Waals surface area contributed by atoms with Crippen LogP contribution in [0.4, 0.5) is 11.8 Å². The van der Waals surface area contributed by atoms with Gasteiger partial charge in [0.1, 0.15) is 5.82 Å². The first-order valence-corrected chi connectivity index (χ1v) is 10.3. The summed E-state index contributed by atoms with van der Waals surface area (Å²) in [6.07, 6.45) is 4.38. The third-order valence-electron chi connectivity index (χ3n) is 6.67. The highest BCUT2D eigenvalue weighted by atomic mass is 35.5. The summed E-state index contributed by atoms with van der Waals surface area (Å²) in [5, 5.41) is 0.616. The topological polar surface area (TPSA) is 90.2 Å². The van der Waals surface area contributed by atoms with Crippen molar-refractivity contribution in [2.45, 2.75) is 38.6 Å². The highest BCUT2D eigenvalue weighted by molar-refractivity contribution is 6.30. The maximum absolute atomic E-state index is 13.0. The van der Waals surface area contributed by atoms with Gasteiger partial charge in [0.05, 0.1) is 5.56 Å². The molecule has 0 amide bonds. The second kappa shape index (κ2) is 7.08. The molecule has 28 heavy (non-hydrogen) atoms. The number of halogens is 1. The fourth-order valence-corrected chi connectivity index (χ4v) is 5.24. The fourth-order valence-electron chi connectivity index (χ4n) is 5.12. The normalized spacial score (nSPS) is 24.1. The van der Waals surface area contributed by atoms with Crippen molar-refractivity contribution >= 4 is 23.4 Å². The van der Waals surface area contributed by atoms with Crippen molar-refractivity contribution in [3.05, 3.63) is 39.6 Å². The monoisotopic (exact) mass is 401 g/mol. The van der Waals surface area contributed by atoms with E-state index in [4.69, 9.17) is 23.1 Å². The van der Waals surface area contributed by atoms with Crippen LogP contribution >= 0.6 is 11.6 Å². The molecule has 0 bridgehead atoms. The quantitative estimate of drug-likeness (QED) is 0.807. The van der Waals surface area contributed by atoms with Gasteiger partial charge in [-0.2, -0.15) is 4.98 Å². The third kappa shape index (κ3) is 3.18. The van der Waals surface area contributed by atoms with Gasteiger partial charge in [-0.1, -0.05) is 30.7 Å². The van der Waals surface area contributed by atoms with Crippen LogP contribution in [0.25, 0.3) is 11.1 Å². The molecule has 1 aliphatic carbocycles. The summed E-state index contributed by atoms with van der Waals surface area (Å²) in [6.45, 7) is 3.99. The Balaban J connectivity index is 1.62. The van der Waals surface area contributed by atoms with E-state index in [-0.39, 0.29) is 22.8 Å². The molecule has 1 saturated heterocycles. The van der Waals surface area contributed by atoms with Crippen LogP contribution in [-0.4, -0.2) is 28.7 Å². The van der Waals surface area contributed by atoms with E-state index in [1.54, 1.807) is 35.9 Å². The standard InChI is InChI=1S/C21H28ClN5O/c1-13-11-16(23)21(12-13)7-9-27(10-8-21)20-25-18(24)17(19(28)26(20)2)14-3-5-15(22)6-4-14/h3-6,13,16H,7-12,23-24H2,1-2H3/t13-,16+/m0/s1. The number of piperidine rings is 1. The Morgan fingerprint density at radius 1 is 1.21 bits per heavy atom. The van der Waals surface area contributed by atoms with E-state index in [1.807, 2.05) is 0 Å². The first-order chi connectivity index (χ1) is 13.3. The van der Waals surface area contributed by atoms with E-state index < -0.39 is 0 Å². The molecule has 1 aromatic carbocycles. The lowest BCUT2D eigenvalue weighted by molar-refractivity contribution is 0.192. The van der Waals surface area contributed by atoms with Gasteiger partial charge in [0, 0.05) is 31.2 Å². The van der Waals surface area contributed by atoms with Gasteiger partial charge in [0.15, 0.2) is 0 Å². The minimum atomic E-state index is -0.142. The molecule has 6 nitrogen and oxygen atoms in total. The van der Waals surface area contributed by atoms with Crippen molar-refractivity contribution in [2.24, 2.45) is 24.1 Å². The smallest absolute Gasteiger partial charge is 0.264 e. The van der Waals surface area contributed by atoms with Crippen LogP contribution in [0.3, 0.4) is 0 Å². The summed E-state index contributed by atoms with van der Waals surface area (Å²) in [4.78, 5) is 19.8. The van der Waals surface area contributed by atoms with Crippen molar-refractivity contribution < 1.29 is 0 Å². The number of hydrogen-bond acceptors (Lipinski definition) is 5. The molecule has 4 N–H and O–H groups in total. The largest absolute Gasteiger partial charge is 0.383 e. The van der Waals surface area contributed by atoms with Crippen LogP contribution in [0.1, 0.15) is 32.6 Å². The molecule has 2 fully saturated rings. The maximum Gasteiger partial charge on any atom is 0.264 e. The molecule has 2 heterocycles. The Morgan fingerprint density at radius 3 is 2.43 bits per heavy atom. The molecule has 0 radical (unpaired) electrons. The average molecular weight is 402 g/mol. The van der Waals surface area contributed by atoms with Crippen LogP contribution in [-0.2, 0) is 7.05 Å². The lowest BCUT2D eigenvalue weighted by Crippen LogP contribution is -2.48. The van der Waals surface area contributed by atoms with E-state index in [1.165, 1.54) is 6.42 Å². The van der Waals surface area contributed by atoms with Crippen molar-refractivity contribution in [1.82, 2.24) is 9.55 Å². The molecular weight excluding hydrogens is 374 g/mol. The van der Waals surface area contributed by atoms with Crippen LogP contribution in [0.5, 0.6) is 0 Å². The van der Waals surface area contributed by atoms with Gasteiger partial charge in [0.25, 0.3) is 5.56 Å². The number of nitrogen functional groups attached to an aromatic ring is 1. The van der Waals surface area contributed by atoms with Gasteiger partial charge in [-0.3, -0.25) is 9.36 Å². The van der Waals surface area contributed by atoms with Gasteiger partial charge in [-0.25, -0.2) is 0 Å². The number of hydrogen-bond donors (Lipinski definition) is 2. The van der Waals surface area contributed by atoms with E-state index in [9.17, 15) is 4.79 Å². The second-order valence-corrected chi connectivity index (χ2v) is 8.98. The van der Waals surface area contributed by atoms with Crippen LogP contribution in [0.2, 0.25) is 5.02 Å². The number of aromatic nitrogens is 2.